The Hall–Kier alpha value is -0.160. The molecule has 0 amide bonds. The molecule has 1 aliphatic carbocycles. The Bertz CT molecular complexity index is 229. The van der Waals surface area contributed by atoms with Crippen LogP contribution in [-0.2, 0) is 0 Å². The van der Waals surface area contributed by atoms with E-state index in [2.05, 4.69) is 55.7 Å². The van der Waals surface area contributed by atoms with Crippen molar-refractivity contribution in [2.45, 2.75) is 56.7 Å². The van der Waals surface area contributed by atoms with E-state index >= 15 is 0 Å². The van der Waals surface area contributed by atoms with Gasteiger partial charge in [-0.15, -0.1) is 0 Å². The average molecular weight is 284 g/mol. The topological polar surface area (TPSA) is 30.5 Å². The summed E-state index contributed by atoms with van der Waals surface area (Å²) in [5, 5.41) is 6.64. The highest BCUT2D eigenvalue weighted by molar-refractivity contribution is 4.79. The predicted molar refractivity (Wildman–Crippen MR) is 88.4 cm³/mol. The lowest BCUT2D eigenvalue weighted by atomic mass is 9.91. The van der Waals surface area contributed by atoms with Gasteiger partial charge in [-0.05, 0) is 86.9 Å². The summed E-state index contributed by atoms with van der Waals surface area (Å²) in [4.78, 5) is 4.74. The van der Waals surface area contributed by atoms with Gasteiger partial charge in [0.1, 0.15) is 0 Å². The summed E-state index contributed by atoms with van der Waals surface area (Å²) in [6, 6.07) is 2.40. The highest BCUT2D eigenvalue weighted by Gasteiger charge is 2.20. The molecule has 1 aliphatic heterocycles. The standard InChI is InChI=1S/C9H20N2.C7H16N2/c1-10-8-4-6-9(7-5-8)11(2)3;1-8-7-3-5-9(2)6-4-7/h8-10H,4-7H2,1-3H3;7-8H,3-6H2,1-2H3. The first-order chi connectivity index (χ1) is 9.56. The normalized spacial score (nSPS) is 29.1. The van der Waals surface area contributed by atoms with E-state index in [4.69, 9.17) is 0 Å². The molecule has 0 aromatic carbocycles. The summed E-state index contributed by atoms with van der Waals surface area (Å²) >= 11 is 0. The van der Waals surface area contributed by atoms with Gasteiger partial charge in [-0.3, -0.25) is 0 Å². The second-order valence-corrected chi connectivity index (χ2v) is 6.62. The Morgan fingerprint density at radius 3 is 1.65 bits per heavy atom. The Balaban J connectivity index is 0.000000204. The Labute approximate surface area is 126 Å². The molecule has 0 radical (unpaired) electrons. The van der Waals surface area contributed by atoms with Crippen LogP contribution in [0.5, 0.6) is 0 Å². The summed E-state index contributed by atoms with van der Waals surface area (Å²) < 4.78 is 0. The van der Waals surface area contributed by atoms with Gasteiger partial charge in [0.25, 0.3) is 0 Å². The van der Waals surface area contributed by atoms with Crippen molar-refractivity contribution in [2.24, 2.45) is 0 Å². The first-order valence-electron chi connectivity index (χ1n) is 8.26. The van der Waals surface area contributed by atoms with Crippen molar-refractivity contribution in [3.8, 4) is 0 Å². The van der Waals surface area contributed by atoms with Crippen LogP contribution in [0.1, 0.15) is 38.5 Å². The van der Waals surface area contributed by atoms with Crippen LogP contribution in [0.15, 0.2) is 0 Å². The largest absolute Gasteiger partial charge is 0.317 e. The maximum Gasteiger partial charge on any atom is 0.00903 e. The molecule has 0 spiro atoms. The molecule has 0 atom stereocenters. The van der Waals surface area contributed by atoms with Gasteiger partial charge in [-0.1, -0.05) is 0 Å². The molecule has 0 aromatic rings. The third-order valence-electron chi connectivity index (χ3n) is 4.96. The van der Waals surface area contributed by atoms with E-state index in [0.717, 1.165) is 18.1 Å². The molecule has 0 bridgehead atoms. The highest BCUT2D eigenvalue weighted by atomic mass is 15.1. The van der Waals surface area contributed by atoms with Crippen molar-refractivity contribution in [1.82, 2.24) is 20.4 Å². The third kappa shape index (κ3) is 6.53. The first kappa shape index (κ1) is 17.9. The van der Waals surface area contributed by atoms with Crippen molar-refractivity contribution in [1.29, 1.82) is 0 Å². The molecule has 4 nitrogen and oxygen atoms in total. The second-order valence-electron chi connectivity index (χ2n) is 6.62. The molecule has 4 heteroatoms. The van der Waals surface area contributed by atoms with Gasteiger partial charge in [-0.2, -0.15) is 0 Å². The fraction of sp³-hybridized carbons (Fsp3) is 1.00. The van der Waals surface area contributed by atoms with Gasteiger partial charge >= 0.3 is 0 Å². The number of hydrogen-bond donors (Lipinski definition) is 2. The number of likely N-dealkylation sites (tertiary alicyclic amines) is 1. The smallest absolute Gasteiger partial charge is 0.00903 e. The molecule has 120 valence electrons. The zero-order chi connectivity index (χ0) is 15.0. The maximum absolute atomic E-state index is 3.34. The van der Waals surface area contributed by atoms with Crippen LogP contribution >= 0.6 is 0 Å². The SMILES string of the molecule is CNC1CCC(N(C)C)CC1.CNC1CCN(C)CC1. The molecule has 20 heavy (non-hydrogen) atoms. The molecular formula is C16H36N4. The van der Waals surface area contributed by atoms with Gasteiger partial charge < -0.3 is 20.4 Å². The molecule has 2 aliphatic rings. The minimum absolute atomic E-state index is 0.779. The molecule has 2 N–H and O–H groups in total. The molecule has 1 saturated carbocycles. The number of nitrogens with one attached hydrogen (secondary N) is 2. The third-order valence-corrected chi connectivity index (χ3v) is 4.96. The second kappa shape index (κ2) is 9.72. The van der Waals surface area contributed by atoms with Crippen LogP contribution < -0.4 is 10.6 Å². The van der Waals surface area contributed by atoms with E-state index < -0.39 is 0 Å². The predicted octanol–water partition coefficient (Wildman–Crippen LogP) is 1.38. The van der Waals surface area contributed by atoms with E-state index in [0.29, 0.717) is 0 Å². The summed E-state index contributed by atoms with van der Waals surface area (Å²) in [5.41, 5.74) is 0. The quantitative estimate of drug-likeness (QED) is 0.820. The van der Waals surface area contributed by atoms with Crippen molar-refractivity contribution < 1.29 is 0 Å². The lowest BCUT2D eigenvalue weighted by Crippen LogP contribution is -2.39. The molecule has 0 aromatic heterocycles. The van der Waals surface area contributed by atoms with E-state index in [1.165, 1.54) is 51.6 Å². The summed E-state index contributed by atoms with van der Waals surface area (Å²) in [6.07, 6.45) is 8.04. The monoisotopic (exact) mass is 284 g/mol. The number of hydrogen-bond acceptors (Lipinski definition) is 4. The van der Waals surface area contributed by atoms with E-state index in [1.54, 1.807) is 0 Å². The minimum atomic E-state index is 0.779. The van der Waals surface area contributed by atoms with Crippen LogP contribution in [0.3, 0.4) is 0 Å². The van der Waals surface area contributed by atoms with E-state index in [-0.39, 0.29) is 0 Å². The zero-order valence-electron chi connectivity index (χ0n) is 14.3. The summed E-state index contributed by atoms with van der Waals surface area (Å²) in [6.45, 7) is 2.51. The number of nitrogens with zero attached hydrogens (tertiary/aromatic N) is 2. The maximum atomic E-state index is 3.34. The zero-order valence-corrected chi connectivity index (χ0v) is 14.3. The number of piperidine rings is 1. The van der Waals surface area contributed by atoms with Crippen molar-refractivity contribution in [3.05, 3.63) is 0 Å². The van der Waals surface area contributed by atoms with Crippen LogP contribution in [-0.4, -0.2) is 76.3 Å². The van der Waals surface area contributed by atoms with Crippen molar-refractivity contribution >= 4 is 0 Å². The van der Waals surface area contributed by atoms with Gasteiger partial charge in [0.15, 0.2) is 0 Å². The molecule has 1 saturated heterocycles. The summed E-state index contributed by atoms with van der Waals surface area (Å²) in [5.74, 6) is 0. The van der Waals surface area contributed by atoms with Gasteiger partial charge in [0.05, 0.1) is 0 Å². The molecule has 2 fully saturated rings. The fourth-order valence-electron chi connectivity index (χ4n) is 3.18. The number of rotatable bonds is 3. The van der Waals surface area contributed by atoms with Gasteiger partial charge in [0, 0.05) is 18.1 Å². The Kier molecular flexibility index (Phi) is 8.69. The van der Waals surface area contributed by atoms with Crippen LogP contribution in [0.2, 0.25) is 0 Å². The van der Waals surface area contributed by atoms with Crippen molar-refractivity contribution in [3.63, 3.8) is 0 Å². The Morgan fingerprint density at radius 2 is 1.25 bits per heavy atom. The lowest BCUT2D eigenvalue weighted by molar-refractivity contribution is 0.208. The van der Waals surface area contributed by atoms with Crippen LogP contribution in [0.4, 0.5) is 0 Å². The van der Waals surface area contributed by atoms with Crippen LogP contribution in [0, 0.1) is 0 Å². The van der Waals surface area contributed by atoms with Crippen molar-refractivity contribution in [2.75, 3.05) is 48.3 Å². The Morgan fingerprint density at radius 1 is 0.800 bits per heavy atom. The summed E-state index contributed by atoms with van der Waals surface area (Å²) in [7, 11) is 10.7. The van der Waals surface area contributed by atoms with Gasteiger partial charge in [-0.25, -0.2) is 0 Å². The minimum Gasteiger partial charge on any atom is -0.317 e. The van der Waals surface area contributed by atoms with Crippen LogP contribution in [0.25, 0.3) is 0 Å². The van der Waals surface area contributed by atoms with E-state index in [9.17, 15) is 0 Å². The molecule has 0 unspecified atom stereocenters. The lowest BCUT2D eigenvalue weighted by Gasteiger charge is -2.32. The molecule has 1 heterocycles. The van der Waals surface area contributed by atoms with E-state index in [1.807, 2.05) is 0 Å². The molecular weight excluding hydrogens is 248 g/mol. The van der Waals surface area contributed by atoms with Gasteiger partial charge in [0.2, 0.25) is 0 Å². The fourth-order valence-corrected chi connectivity index (χ4v) is 3.18. The molecule has 2 rings (SSSR count). The average Bonchev–Trinajstić information content (AvgIpc) is 2.49. The highest BCUT2D eigenvalue weighted by Crippen LogP contribution is 2.20. The first-order valence-corrected chi connectivity index (χ1v) is 8.26.